The molecule has 150 valence electrons. The molecular formula is C22H22N2O5. The van der Waals surface area contributed by atoms with Crippen molar-refractivity contribution >= 4 is 17.9 Å². The first-order chi connectivity index (χ1) is 14.2. The largest absolute Gasteiger partial charge is 0.490 e. The average molecular weight is 394 g/mol. The van der Waals surface area contributed by atoms with Gasteiger partial charge in [-0.25, -0.2) is 4.79 Å². The lowest BCUT2D eigenvalue weighted by molar-refractivity contribution is 0.0561. The van der Waals surface area contributed by atoms with E-state index in [-0.39, 0.29) is 12.4 Å². The van der Waals surface area contributed by atoms with Crippen molar-refractivity contribution in [2.45, 2.75) is 13.5 Å². The maximum atomic E-state index is 11.5. The van der Waals surface area contributed by atoms with Gasteiger partial charge in [0.2, 0.25) is 5.76 Å². The lowest BCUT2D eigenvalue weighted by Gasteiger charge is -2.11. The molecule has 3 rings (SSSR count). The van der Waals surface area contributed by atoms with E-state index in [1.54, 1.807) is 24.4 Å². The Labute approximate surface area is 168 Å². The van der Waals surface area contributed by atoms with E-state index in [1.165, 1.54) is 7.11 Å². The van der Waals surface area contributed by atoms with Crippen LogP contribution in [0.3, 0.4) is 0 Å². The normalized spacial score (nSPS) is 10.7. The van der Waals surface area contributed by atoms with Crippen molar-refractivity contribution < 1.29 is 23.4 Å². The fraction of sp³-hybridized carbons (Fsp3) is 0.182. The van der Waals surface area contributed by atoms with Gasteiger partial charge in [-0.3, -0.25) is 5.43 Å². The summed E-state index contributed by atoms with van der Waals surface area (Å²) in [6.07, 6.45) is 1.70. The number of carbonyl (C=O) groups is 1. The molecule has 0 aliphatic carbocycles. The van der Waals surface area contributed by atoms with Crippen LogP contribution in [-0.2, 0) is 11.3 Å². The molecule has 0 spiro atoms. The van der Waals surface area contributed by atoms with Gasteiger partial charge in [0.05, 0.1) is 25.6 Å². The van der Waals surface area contributed by atoms with Crippen molar-refractivity contribution in [2.75, 3.05) is 19.1 Å². The van der Waals surface area contributed by atoms with Gasteiger partial charge in [0, 0.05) is 0 Å². The minimum atomic E-state index is -0.529. The molecule has 0 aliphatic heterocycles. The molecule has 0 unspecified atom stereocenters. The molecule has 2 aromatic carbocycles. The smallest absolute Gasteiger partial charge is 0.373 e. The standard InChI is InChI=1S/C22H22N2O5/c1-3-27-21-13-16(14-23-24-17-7-5-4-6-8-17)9-11-19(21)28-15-18-10-12-20(29-18)22(25)26-2/h4-14,24H,3,15H2,1-2H3. The van der Waals surface area contributed by atoms with E-state index < -0.39 is 5.97 Å². The number of benzene rings is 2. The van der Waals surface area contributed by atoms with Crippen LogP contribution in [0, 0.1) is 0 Å². The van der Waals surface area contributed by atoms with Gasteiger partial charge < -0.3 is 18.6 Å². The number of anilines is 1. The summed E-state index contributed by atoms with van der Waals surface area (Å²) in [5, 5.41) is 4.23. The molecule has 0 atom stereocenters. The van der Waals surface area contributed by atoms with Crippen LogP contribution < -0.4 is 14.9 Å². The van der Waals surface area contributed by atoms with Crippen LogP contribution in [0.2, 0.25) is 0 Å². The number of hydrogen-bond donors (Lipinski definition) is 1. The Morgan fingerprint density at radius 2 is 1.90 bits per heavy atom. The molecule has 3 aromatic rings. The van der Waals surface area contributed by atoms with Crippen LogP contribution in [0.5, 0.6) is 11.5 Å². The third kappa shape index (κ3) is 5.62. The Balaban J connectivity index is 1.65. The molecule has 1 N–H and O–H groups in total. The number of hydrogen-bond acceptors (Lipinski definition) is 7. The van der Waals surface area contributed by atoms with Gasteiger partial charge in [-0.15, -0.1) is 0 Å². The highest BCUT2D eigenvalue weighted by molar-refractivity contribution is 5.86. The monoisotopic (exact) mass is 394 g/mol. The van der Waals surface area contributed by atoms with E-state index >= 15 is 0 Å². The third-order valence-electron chi connectivity index (χ3n) is 3.87. The van der Waals surface area contributed by atoms with Crippen LogP contribution in [0.1, 0.15) is 28.8 Å². The van der Waals surface area contributed by atoms with Crippen molar-refractivity contribution in [3.63, 3.8) is 0 Å². The summed E-state index contributed by atoms with van der Waals surface area (Å²) in [6, 6.07) is 18.4. The van der Waals surface area contributed by atoms with E-state index in [9.17, 15) is 4.79 Å². The average Bonchev–Trinajstić information content (AvgIpc) is 3.23. The van der Waals surface area contributed by atoms with Crippen molar-refractivity contribution in [1.29, 1.82) is 0 Å². The lowest BCUT2D eigenvalue weighted by atomic mass is 10.2. The number of rotatable bonds is 9. The van der Waals surface area contributed by atoms with Gasteiger partial charge in [0.15, 0.2) is 11.5 Å². The second kappa shape index (κ2) is 9.98. The van der Waals surface area contributed by atoms with Crippen LogP contribution in [0.25, 0.3) is 0 Å². The Morgan fingerprint density at radius 1 is 1.07 bits per heavy atom. The highest BCUT2D eigenvalue weighted by Gasteiger charge is 2.12. The minimum Gasteiger partial charge on any atom is -0.490 e. The number of para-hydroxylation sites is 1. The number of esters is 1. The second-order valence-electron chi connectivity index (χ2n) is 5.92. The van der Waals surface area contributed by atoms with Crippen molar-refractivity contribution in [2.24, 2.45) is 5.10 Å². The number of methoxy groups -OCH3 is 1. The van der Waals surface area contributed by atoms with E-state index in [1.807, 2.05) is 49.4 Å². The summed E-state index contributed by atoms with van der Waals surface area (Å²) in [6.45, 7) is 2.54. The highest BCUT2D eigenvalue weighted by atomic mass is 16.5. The first kappa shape index (κ1) is 20.0. The summed E-state index contributed by atoms with van der Waals surface area (Å²) in [5.41, 5.74) is 4.73. The Kier molecular flexibility index (Phi) is 6.89. The molecule has 0 saturated heterocycles. The molecule has 0 aliphatic rings. The van der Waals surface area contributed by atoms with Crippen molar-refractivity contribution in [1.82, 2.24) is 0 Å². The van der Waals surface area contributed by atoms with Crippen LogP contribution in [0.15, 0.2) is 70.2 Å². The summed E-state index contributed by atoms with van der Waals surface area (Å²) < 4.78 is 21.5. The number of nitrogens with zero attached hydrogens (tertiary/aromatic N) is 1. The zero-order valence-electron chi connectivity index (χ0n) is 16.3. The van der Waals surface area contributed by atoms with Gasteiger partial charge >= 0.3 is 5.97 Å². The van der Waals surface area contributed by atoms with Gasteiger partial charge in [-0.2, -0.15) is 5.10 Å². The number of ether oxygens (including phenoxy) is 3. The van der Waals surface area contributed by atoms with Crippen molar-refractivity contribution in [3.05, 3.63) is 77.7 Å². The maximum Gasteiger partial charge on any atom is 0.373 e. The molecule has 0 bridgehead atoms. The molecule has 29 heavy (non-hydrogen) atoms. The molecule has 0 amide bonds. The molecule has 1 aromatic heterocycles. The van der Waals surface area contributed by atoms with E-state index in [2.05, 4.69) is 15.3 Å². The third-order valence-corrected chi connectivity index (χ3v) is 3.87. The maximum absolute atomic E-state index is 11.5. The SMILES string of the molecule is CCOc1cc(C=NNc2ccccc2)ccc1OCc1ccc(C(=O)OC)o1. The molecule has 7 heteroatoms. The number of hydrazone groups is 1. The summed E-state index contributed by atoms with van der Waals surface area (Å²) >= 11 is 0. The van der Waals surface area contributed by atoms with Crippen molar-refractivity contribution in [3.8, 4) is 11.5 Å². The fourth-order valence-corrected chi connectivity index (χ4v) is 2.50. The summed E-state index contributed by atoms with van der Waals surface area (Å²) in [5.74, 6) is 1.27. The van der Waals surface area contributed by atoms with Gasteiger partial charge in [0.1, 0.15) is 12.4 Å². The predicted molar refractivity (Wildman–Crippen MR) is 110 cm³/mol. The summed E-state index contributed by atoms with van der Waals surface area (Å²) in [4.78, 5) is 11.5. The number of carbonyl (C=O) groups excluding carboxylic acids is 1. The molecular weight excluding hydrogens is 372 g/mol. The highest BCUT2D eigenvalue weighted by Crippen LogP contribution is 2.29. The zero-order valence-corrected chi connectivity index (χ0v) is 16.3. The number of nitrogens with one attached hydrogen (secondary N) is 1. The zero-order chi connectivity index (χ0) is 20.5. The quantitative estimate of drug-likeness (QED) is 0.327. The minimum absolute atomic E-state index is 0.133. The molecule has 0 saturated carbocycles. The predicted octanol–water partition coefficient (Wildman–Crippen LogP) is 4.49. The van der Waals surface area contributed by atoms with Gasteiger partial charge in [0.25, 0.3) is 0 Å². The number of furan rings is 1. The first-order valence-corrected chi connectivity index (χ1v) is 9.10. The summed E-state index contributed by atoms with van der Waals surface area (Å²) in [7, 11) is 1.30. The van der Waals surface area contributed by atoms with E-state index in [0.717, 1.165) is 11.3 Å². The Bertz CT molecular complexity index is 966. The second-order valence-corrected chi connectivity index (χ2v) is 5.92. The molecule has 1 heterocycles. The van der Waals surface area contributed by atoms with E-state index in [4.69, 9.17) is 13.9 Å². The molecule has 0 fully saturated rings. The van der Waals surface area contributed by atoms with Crippen LogP contribution >= 0.6 is 0 Å². The fourth-order valence-electron chi connectivity index (χ4n) is 2.50. The van der Waals surface area contributed by atoms with Gasteiger partial charge in [-0.05, 0) is 55.0 Å². The Morgan fingerprint density at radius 3 is 2.66 bits per heavy atom. The van der Waals surface area contributed by atoms with Crippen LogP contribution in [-0.4, -0.2) is 25.9 Å². The first-order valence-electron chi connectivity index (χ1n) is 9.10. The lowest BCUT2D eigenvalue weighted by Crippen LogP contribution is -2.01. The molecule has 0 radical (unpaired) electrons. The Hall–Kier alpha value is -3.74. The molecule has 7 nitrogen and oxygen atoms in total. The van der Waals surface area contributed by atoms with Gasteiger partial charge in [-0.1, -0.05) is 18.2 Å². The topological polar surface area (TPSA) is 82.3 Å². The van der Waals surface area contributed by atoms with E-state index in [0.29, 0.717) is 23.9 Å². The van der Waals surface area contributed by atoms with Crippen LogP contribution in [0.4, 0.5) is 5.69 Å².